The summed E-state index contributed by atoms with van der Waals surface area (Å²) in [6.45, 7) is -0.635. The van der Waals surface area contributed by atoms with E-state index < -0.39 is 6.67 Å². The number of nitrogens with two attached hydrogens (primary N) is 1. The van der Waals surface area contributed by atoms with Crippen LogP contribution >= 0.6 is 23.4 Å². The molecule has 88 valence electrons. The van der Waals surface area contributed by atoms with Gasteiger partial charge in [-0.05, 0) is 12.1 Å². The summed E-state index contributed by atoms with van der Waals surface area (Å²) in [5.74, 6) is 0.219. The fraction of sp³-hybridized carbons (Fsp3) is 0.100. The Morgan fingerprint density at radius 1 is 1.41 bits per heavy atom. The molecule has 0 amide bonds. The molecular formula is C10H8ClFN4S. The molecule has 0 aromatic carbocycles. The van der Waals surface area contributed by atoms with Crippen LogP contribution < -0.4 is 5.73 Å². The molecule has 0 fully saturated rings. The van der Waals surface area contributed by atoms with Crippen molar-refractivity contribution in [2.24, 2.45) is 0 Å². The number of nitrogen functional groups attached to an aromatic ring is 1. The zero-order valence-electron chi connectivity index (χ0n) is 8.60. The standard InChI is InChI=1S/C10H8ClFN4S/c11-8-5-15-10(9(13)16-8)17-7-2-1-3-14-6(7)4-12/h1-3,5H,4H2,(H2,13,16). The number of hydrogen-bond acceptors (Lipinski definition) is 5. The number of pyridine rings is 1. The van der Waals surface area contributed by atoms with Gasteiger partial charge in [-0.2, -0.15) is 0 Å². The molecule has 0 radical (unpaired) electrons. The second-order valence-corrected chi connectivity index (χ2v) is 4.48. The van der Waals surface area contributed by atoms with Gasteiger partial charge in [-0.3, -0.25) is 4.98 Å². The van der Waals surface area contributed by atoms with E-state index in [0.717, 1.165) is 0 Å². The summed E-state index contributed by atoms with van der Waals surface area (Å²) in [6.07, 6.45) is 2.93. The van der Waals surface area contributed by atoms with E-state index in [9.17, 15) is 4.39 Å². The fourth-order valence-corrected chi connectivity index (χ4v) is 2.14. The Morgan fingerprint density at radius 3 is 2.94 bits per heavy atom. The summed E-state index contributed by atoms with van der Waals surface area (Å²) >= 11 is 6.86. The summed E-state index contributed by atoms with van der Waals surface area (Å²) < 4.78 is 12.7. The van der Waals surface area contributed by atoms with E-state index >= 15 is 0 Å². The summed E-state index contributed by atoms with van der Waals surface area (Å²) in [7, 11) is 0. The predicted molar refractivity (Wildman–Crippen MR) is 64.6 cm³/mol. The van der Waals surface area contributed by atoms with Crippen LogP contribution in [0.4, 0.5) is 10.2 Å². The van der Waals surface area contributed by atoms with E-state index in [4.69, 9.17) is 17.3 Å². The molecule has 0 aliphatic rings. The minimum atomic E-state index is -0.635. The number of halogens is 2. The predicted octanol–water partition coefficient (Wildman–Crippen LogP) is 2.73. The minimum absolute atomic E-state index is 0.219. The van der Waals surface area contributed by atoms with Crippen LogP contribution in [0.5, 0.6) is 0 Å². The van der Waals surface area contributed by atoms with Crippen molar-refractivity contribution in [3.05, 3.63) is 35.4 Å². The normalized spacial score (nSPS) is 10.5. The molecule has 0 aliphatic heterocycles. The Balaban J connectivity index is 2.31. The highest BCUT2D eigenvalue weighted by Gasteiger charge is 2.09. The largest absolute Gasteiger partial charge is 0.381 e. The monoisotopic (exact) mass is 270 g/mol. The van der Waals surface area contributed by atoms with Crippen LogP contribution in [0, 0.1) is 0 Å². The molecule has 0 aliphatic carbocycles. The Bertz CT molecular complexity index is 537. The third-order valence-corrected chi connectivity index (χ3v) is 3.20. The number of aromatic nitrogens is 3. The molecule has 2 aromatic heterocycles. The van der Waals surface area contributed by atoms with E-state index in [1.165, 1.54) is 24.2 Å². The molecule has 2 rings (SSSR count). The van der Waals surface area contributed by atoms with Gasteiger partial charge >= 0.3 is 0 Å². The third-order valence-electron chi connectivity index (χ3n) is 1.92. The molecule has 4 nitrogen and oxygen atoms in total. The van der Waals surface area contributed by atoms with Crippen molar-refractivity contribution >= 4 is 29.2 Å². The number of rotatable bonds is 3. The van der Waals surface area contributed by atoms with Gasteiger partial charge in [0.15, 0.2) is 5.82 Å². The van der Waals surface area contributed by atoms with Crippen molar-refractivity contribution in [2.45, 2.75) is 16.6 Å². The Morgan fingerprint density at radius 2 is 2.24 bits per heavy atom. The summed E-state index contributed by atoms with van der Waals surface area (Å²) in [6, 6.07) is 3.48. The van der Waals surface area contributed by atoms with Crippen molar-refractivity contribution < 1.29 is 4.39 Å². The van der Waals surface area contributed by atoms with Crippen LogP contribution in [0.15, 0.2) is 34.4 Å². The van der Waals surface area contributed by atoms with Crippen molar-refractivity contribution in [1.82, 2.24) is 15.0 Å². The molecule has 2 N–H and O–H groups in total. The Kier molecular flexibility index (Phi) is 3.75. The smallest absolute Gasteiger partial charge is 0.158 e. The molecule has 0 saturated carbocycles. The molecule has 0 saturated heterocycles. The first kappa shape index (κ1) is 12.1. The van der Waals surface area contributed by atoms with Crippen LogP contribution in [0.1, 0.15) is 5.69 Å². The highest BCUT2D eigenvalue weighted by molar-refractivity contribution is 7.99. The molecule has 0 atom stereocenters. The lowest BCUT2D eigenvalue weighted by Crippen LogP contribution is -1.97. The van der Waals surface area contributed by atoms with Gasteiger partial charge in [-0.15, -0.1) is 0 Å². The fourth-order valence-electron chi connectivity index (χ4n) is 1.17. The van der Waals surface area contributed by atoms with Gasteiger partial charge in [0.05, 0.1) is 11.9 Å². The highest BCUT2D eigenvalue weighted by atomic mass is 35.5. The van der Waals surface area contributed by atoms with Gasteiger partial charge in [-0.25, -0.2) is 14.4 Å². The quantitative estimate of drug-likeness (QED) is 0.929. The van der Waals surface area contributed by atoms with Crippen molar-refractivity contribution in [2.75, 3.05) is 5.73 Å². The van der Waals surface area contributed by atoms with Gasteiger partial charge in [0, 0.05) is 11.1 Å². The van der Waals surface area contributed by atoms with Crippen molar-refractivity contribution in [1.29, 1.82) is 0 Å². The molecule has 0 spiro atoms. The molecule has 2 heterocycles. The lowest BCUT2D eigenvalue weighted by atomic mass is 10.4. The van der Waals surface area contributed by atoms with Crippen LogP contribution in [-0.4, -0.2) is 15.0 Å². The van der Waals surface area contributed by atoms with E-state index in [-0.39, 0.29) is 11.0 Å². The van der Waals surface area contributed by atoms with E-state index in [1.807, 2.05) is 0 Å². The summed E-state index contributed by atoms with van der Waals surface area (Å²) in [5.41, 5.74) is 6.02. The topological polar surface area (TPSA) is 64.7 Å². The highest BCUT2D eigenvalue weighted by Crippen LogP contribution is 2.31. The number of hydrogen-bond donors (Lipinski definition) is 1. The Labute approximate surface area is 106 Å². The molecular weight excluding hydrogens is 263 g/mol. The van der Waals surface area contributed by atoms with Crippen LogP contribution in [0.2, 0.25) is 5.15 Å². The maximum atomic E-state index is 12.7. The molecule has 0 unspecified atom stereocenters. The molecule has 0 bridgehead atoms. The third kappa shape index (κ3) is 2.83. The lowest BCUT2D eigenvalue weighted by Gasteiger charge is -2.06. The molecule has 2 aromatic rings. The second-order valence-electron chi connectivity index (χ2n) is 3.07. The van der Waals surface area contributed by atoms with Gasteiger partial charge in [0.2, 0.25) is 0 Å². The number of alkyl halides is 1. The minimum Gasteiger partial charge on any atom is -0.381 e. The summed E-state index contributed by atoms with van der Waals surface area (Å²) in [5, 5.41) is 0.709. The maximum Gasteiger partial charge on any atom is 0.158 e. The van der Waals surface area contributed by atoms with Crippen molar-refractivity contribution in [3.63, 3.8) is 0 Å². The van der Waals surface area contributed by atoms with Crippen molar-refractivity contribution in [3.8, 4) is 0 Å². The number of anilines is 1. The zero-order valence-corrected chi connectivity index (χ0v) is 10.2. The maximum absolute atomic E-state index is 12.7. The van der Waals surface area contributed by atoms with Crippen LogP contribution in [0.3, 0.4) is 0 Å². The van der Waals surface area contributed by atoms with E-state index in [1.54, 1.807) is 12.1 Å². The molecule has 7 heteroatoms. The van der Waals surface area contributed by atoms with E-state index in [2.05, 4.69) is 15.0 Å². The van der Waals surface area contributed by atoms with Gasteiger partial charge in [0.25, 0.3) is 0 Å². The van der Waals surface area contributed by atoms with E-state index in [0.29, 0.717) is 15.6 Å². The average molecular weight is 271 g/mol. The van der Waals surface area contributed by atoms with Gasteiger partial charge in [-0.1, -0.05) is 23.4 Å². The average Bonchev–Trinajstić information content (AvgIpc) is 2.33. The summed E-state index contributed by atoms with van der Waals surface area (Å²) in [4.78, 5) is 12.5. The SMILES string of the molecule is Nc1nc(Cl)cnc1Sc1cccnc1CF. The molecule has 17 heavy (non-hydrogen) atoms. The Hall–Kier alpha value is -1.40. The first-order chi connectivity index (χ1) is 8.20. The number of nitrogens with zero attached hydrogens (tertiary/aromatic N) is 3. The van der Waals surface area contributed by atoms with Gasteiger partial charge in [0.1, 0.15) is 16.9 Å². The first-order valence-corrected chi connectivity index (χ1v) is 5.86. The van der Waals surface area contributed by atoms with Crippen LogP contribution in [0.25, 0.3) is 0 Å². The van der Waals surface area contributed by atoms with Crippen LogP contribution in [-0.2, 0) is 6.67 Å². The lowest BCUT2D eigenvalue weighted by molar-refractivity contribution is 0.470. The first-order valence-electron chi connectivity index (χ1n) is 4.66. The van der Waals surface area contributed by atoms with Gasteiger partial charge < -0.3 is 5.73 Å². The second kappa shape index (κ2) is 5.29. The zero-order chi connectivity index (χ0) is 12.3.